The van der Waals surface area contributed by atoms with Gasteiger partial charge in [0.2, 0.25) is 0 Å². The highest BCUT2D eigenvalue weighted by Gasteiger charge is 2.50. The fourth-order valence-corrected chi connectivity index (χ4v) is 2.69. The Bertz CT molecular complexity index is 515. The Morgan fingerprint density at radius 2 is 2.05 bits per heavy atom. The van der Waals surface area contributed by atoms with E-state index in [1.807, 2.05) is 13.8 Å². The number of carboxylic acid groups (broad SMARTS) is 1. The van der Waals surface area contributed by atoms with Crippen molar-refractivity contribution in [1.29, 1.82) is 0 Å². The molecule has 0 saturated carbocycles. The summed E-state index contributed by atoms with van der Waals surface area (Å²) in [6.45, 7) is 5.75. The van der Waals surface area contributed by atoms with Crippen molar-refractivity contribution in [2.45, 2.75) is 39.0 Å². The molecule has 0 saturated heterocycles. The van der Waals surface area contributed by atoms with Crippen LogP contribution in [0.2, 0.25) is 0 Å². The molecule has 0 fully saturated rings. The van der Waals surface area contributed by atoms with E-state index < -0.39 is 17.4 Å². The van der Waals surface area contributed by atoms with Crippen molar-refractivity contribution in [2.24, 2.45) is 5.92 Å². The Kier molecular flexibility index (Phi) is 6.40. The van der Waals surface area contributed by atoms with E-state index in [9.17, 15) is 14.7 Å². The highest BCUT2D eigenvalue weighted by Crippen LogP contribution is 2.35. The monoisotopic (exact) mass is 356 g/mol. The maximum absolute atomic E-state index is 12.5. The fourth-order valence-electron chi connectivity index (χ4n) is 2.29. The molecule has 0 aliphatic heterocycles. The smallest absolute Gasteiger partial charge is 0.328 e. The summed E-state index contributed by atoms with van der Waals surface area (Å²) in [4.78, 5) is 24.4. The van der Waals surface area contributed by atoms with Gasteiger partial charge in [0.15, 0.2) is 5.41 Å². The first-order valence-electron chi connectivity index (χ1n) is 7.05. The first-order chi connectivity index (χ1) is 9.88. The fraction of sp³-hybridized carbons (Fsp3) is 0.500. The van der Waals surface area contributed by atoms with E-state index in [2.05, 4.69) is 15.9 Å². The summed E-state index contributed by atoms with van der Waals surface area (Å²) in [6, 6.07) is 6.86. The number of ether oxygens (including phenoxy) is 1. The zero-order valence-corrected chi connectivity index (χ0v) is 14.1. The molecule has 0 bridgehead atoms. The van der Waals surface area contributed by atoms with Gasteiger partial charge in [0, 0.05) is 4.47 Å². The molecule has 1 aromatic carbocycles. The van der Waals surface area contributed by atoms with Crippen molar-refractivity contribution in [2.75, 3.05) is 6.61 Å². The summed E-state index contributed by atoms with van der Waals surface area (Å²) < 4.78 is 5.81. The summed E-state index contributed by atoms with van der Waals surface area (Å²) >= 11 is 3.33. The molecule has 0 radical (unpaired) electrons. The maximum Gasteiger partial charge on any atom is 0.328 e. The molecule has 1 aromatic rings. The van der Waals surface area contributed by atoms with Crippen LogP contribution in [0.25, 0.3) is 0 Å². The van der Waals surface area contributed by atoms with Crippen LogP contribution in [-0.4, -0.2) is 23.7 Å². The lowest BCUT2D eigenvalue weighted by atomic mass is 9.73. The first kappa shape index (κ1) is 17.7. The molecule has 21 heavy (non-hydrogen) atoms. The number of carbonyl (C=O) groups excluding carboxylic acids is 1. The molecule has 5 heteroatoms. The molecule has 2 unspecified atom stereocenters. The van der Waals surface area contributed by atoms with Crippen LogP contribution in [-0.2, 0) is 19.7 Å². The van der Waals surface area contributed by atoms with Crippen LogP contribution in [0.15, 0.2) is 28.7 Å². The van der Waals surface area contributed by atoms with Gasteiger partial charge in [-0.2, -0.15) is 0 Å². The Morgan fingerprint density at radius 3 is 2.52 bits per heavy atom. The van der Waals surface area contributed by atoms with Gasteiger partial charge in [-0.25, -0.2) is 0 Å². The second kappa shape index (κ2) is 7.59. The summed E-state index contributed by atoms with van der Waals surface area (Å²) in [5.74, 6) is -1.78. The van der Waals surface area contributed by atoms with Crippen LogP contribution in [0.3, 0.4) is 0 Å². The van der Waals surface area contributed by atoms with Gasteiger partial charge in [0.1, 0.15) is 0 Å². The number of rotatable bonds is 7. The lowest BCUT2D eigenvalue weighted by molar-refractivity contribution is -0.162. The lowest BCUT2D eigenvalue weighted by Gasteiger charge is -2.30. The largest absolute Gasteiger partial charge is 0.480 e. The second-order valence-corrected chi connectivity index (χ2v) is 6.07. The minimum absolute atomic E-state index is 0.0875. The third kappa shape index (κ3) is 3.84. The molecule has 4 nitrogen and oxygen atoms in total. The molecule has 1 N–H and O–H groups in total. The lowest BCUT2D eigenvalue weighted by Crippen LogP contribution is -2.46. The van der Waals surface area contributed by atoms with Crippen LogP contribution >= 0.6 is 15.9 Å². The molecule has 0 amide bonds. The van der Waals surface area contributed by atoms with Crippen LogP contribution in [0.4, 0.5) is 0 Å². The molecule has 0 heterocycles. The standard InChI is InChI=1S/C16H21BrO4/c1-4-11(3)10-16(14(18)19,15(20)21-5-2)12-7-6-8-13(17)9-12/h6-9,11H,4-5,10H2,1-3H3,(H,18,19). The number of carbonyl (C=O) groups is 2. The number of halogens is 1. The summed E-state index contributed by atoms with van der Waals surface area (Å²) in [5.41, 5.74) is -1.21. The van der Waals surface area contributed by atoms with E-state index in [0.29, 0.717) is 5.56 Å². The summed E-state index contributed by atoms with van der Waals surface area (Å²) in [5, 5.41) is 9.79. The average molecular weight is 357 g/mol. The van der Waals surface area contributed by atoms with Gasteiger partial charge >= 0.3 is 11.9 Å². The summed E-state index contributed by atoms with van der Waals surface area (Å²) in [6.07, 6.45) is 1.01. The Morgan fingerprint density at radius 1 is 1.38 bits per heavy atom. The van der Waals surface area contributed by atoms with Crippen molar-refractivity contribution >= 4 is 27.9 Å². The first-order valence-corrected chi connectivity index (χ1v) is 7.84. The van der Waals surface area contributed by atoms with Crippen LogP contribution in [0, 0.1) is 5.92 Å². The zero-order valence-electron chi connectivity index (χ0n) is 12.6. The Labute approximate surface area is 133 Å². The van der Waals surface area contributed by atoms with E-state index in [1.165, 1.54) is 0 Å². The second-order valence-electron chi connectivity index (χ2n) is 5.16. The minimum Gasteiger partial charge on any atom is -0.480 e. The molecule has 0 aromatic heterocycles. The van der Waals surface area contributed by atoms with Gasteiger partial charge < -0.3 is 9.84 Å². The van der Waals surface area contributed by atoms with Gasteiger partial charge in [-0.15, -0.1) is 0 Å². The highest BCUT2D eigenvalue weighted by molar-refractivity contribution is 9.10. The molecule has 116 valence electrons. The van der Waals surface area contributed by atoms with Crippen molar-refractivity contribution < 1.29 is 19.4 Å². The number of esters is 1. The topological polar surface area (TPSA) is 63.6 Å². The summed E-state index contributed by atoms with van der Waals surface area (Å²) in [7, 11) is 0. The van der Waals surface area contributed by atoms with Crippen LogP contribution in [0.1, 0.15) is 39.2 Å². The Hall–Kier alpha value is -1.36. The minimum atomic E-state index is -1.66. The van der Waals surface area contributed by atoms with Gasteiger partial charge in [0.05, 0.1) is 6.61 Å². The van der Waals surface area contributed by atoms with Crippen LogP contribution in [0.5, 0.6) is 0 Å². The van der Waals surface area contributed by atoms with Gasteiger partial charge in [-0.05, 0) is 37.0 Å². The van der Waals surface area contributed by atoms with Crippen molar-refractivity contribution in [3.63, 3.8) is 0 Å². The number of benzene rings is 1. The van der Waals surface area contributed by atoms with Gasteiger partial charge in [0.25, 0.3) is 0 Å². The molecule has 2 atom stereocenters. The van der Waals surface area contributed by atoms with E-state index in [0.717, 1.165) is 10.9 Å². The van der Waals surface area contributed by atoms with E-state index in [1.54, 1.807) is 31.2 Å². The number of hydrogen-bond acceptors (Lipinski definition) is 3. The normalized spacial score (nSPS) is 15.0. The van der Waals surface area contributed by atoms with E-state index in [4.69, 9.17) is 4.74 Å². The van der Waals surface area contributed by atoms with E-state index >= 15 is 0 Å². The van der Waals surface area contributed by atoms with Gasteiger partial charge in [-0.3, -0.25) is 9.59 Å². The van der Waals surface area contributed by atoms with Crippen molar-refractivity contribution in [3.05, 3.63) is 34.3 Å². The molecule has 0 aliphatic rings. The molecular formula is C16H21BrO4. The predicted molar refractivity (Wildman–Crippen MR) is 84.2 cm³/mol. The predicted octanol–water partition coefficient (Wildman–Crippen LogP) is 3.77. The highest BCUT2D eigenvalue weighted by atomic mass is 79.9. The van der Waals surface area contributed by atoms with E-state index in [-0.39, 0.29) is 18.9 Å². The average Bonchev–Trinajstić information content (AvgIpc) is 2.44. The number of hydrogen-bond donors (Lipinski definition) is 1. The number of aliphatic carboxylic acids is 1. The molecular weight excluding hydrogens is 336 g/mol. The third-order valence-corrected chi connectivity index (χ3v) is 4.15. The quantitative estimate of drug-likeness (QED) is 0.596. The van der Waals surface area contributed by atoms with Crippen molar-refractivity contribution in [1.82, 2.24) is 0 Å². The number of carboxylic acids is 1. The zero-order chi connectivity index (χ0) is 16.0. The Balaban J connectivity index is 3.43. The van der Waals surface area contributed by atoms with Crippen LogP contribution < -0.4 is 0 Å². The van der Waals surface area contributed by atoms with Crippen molar-refractivity contribution in [3.8, 4) is 0 Å². The molecule has 0 aliphatic carbocycles. The molecule has 0 spiro atoms. The SMILES string of the molecule is CCOC(=O)C(CC(C)CC)(C(=O)O)c1cccc(Br)c1. The molecule has 1 rings (SSSR count). The maximum atomic E-state index is 12.5. The third-order valence-electron chi connectivity index (χ3n) is 3.66. The van der Waals surface area contributed by atoms with Gasteiger partial charge in [-0.1, -0.05) is 48.3 Å².